The van der Waals surface area contributed by atoms with Gasteiger partial charge in [-0.25, -0.2) is 9.78 Å². The number of carbonyl (C=O) groups is 1. The molecule has 0 amide bonds. The maximum atomic E-state index is 12.2. The molecule has 11 nitrogen and oxygen atoms in total. The first-order valence-electron chi connectivity index (χ1n) is 11.5. The fourth-order valence-electron chi connectivity index (χ4n) is 3.90. The maximum absolute atomic E-state index is 12.2. The molecule has 190 valence electrons. The second-order valence-corrected chi connectivity index (χ2v) is 7.96. The summed E-state index contributed by atoms with van der Waals surface area (Å²) in [5.41, 5.74) is 15.2. The predicted octanol–water partition coefficient (Wildman–Crippen LogP) is 3.61. The molecular formula is C25H30N6O5. The van der Waals surface area contributed by atoms with E-state index in [-0.39, 0.29) is 24.1 Å². The summed E-state index contributed by atoms with van der Waals surface area (Å²) in [6.45, 7) is 5.16. The van der Waals surface area contributed by atoms with Crippen molar-refractivity contribution in [2.45, 2.75) is 26.8 Å². The molecule has 3 rings (SSSR count). The minimum absolute atomic E-state index is 0.0462. The van der Waals surface area contributed by atoms with Crippen LogP contribution >= 0.6 is 0 Å². The molecular weight excluding hydrogens is 464 g/mol. The van der Waals surface area contributed by atoms with Crippen LogP contribution in [0.4, 0.5) is 23.1 Å². The number of hydrogen-bond donors (Lipinski definition) is 2. The van der Waals surface area contributed by atoms with Crippen molar-refractivity contribution in [3.8, 4) is 11.1 Å². The minimum Gasteiger partial charge on any atom is -0.460 e. The van der Waals surface area contributed by atoms with Crippen molar-refractivity contribution in [2.75, 3.05) is 43.2 Å². The third-order valence-corrected chi connectivity index (χ3v) is 5.50. The van der Waals surface area contributed by atoms with E-state index in [1.807, 2.05) is 13.8 Å². The van der Waals surface area contributed by atoms with Crippen molar-refractivity contribution >= 4 is 29.1 Å². The number of carbonyl (C=O) groups excluding carboxylic acids is 1. The summed E-state index contributed by atoms with van der Waals surface area (Å²) in [5.74, 6) is -0.242. The van der Waals surface area contributed by atoms with Gasteiger partial charge in [-0.15, -0.1) is 0 Å². The molecule has 0 spiro atoms. The number of hydrogen-bond acceptors (Lipinski definition) is 10. The lowest BCUT2D eigenvalue weighted by molar-refractivity contribution is -0.384. The van der Waals surface area contributed by atoms with Crippen LogP contribution in [-0.2, 0) is 22.4 Å². The van der Waals surface area contributed by atoms with Crippen LogP contribution in [0.2, 0.25) is 0 Å². The topological polar surface area (TPSA) is 160 Å². The zero-order valence-corrected chi connectivity index (χ0v) is 20.6. The van der Waals surface area contributed by atoms with Crippen molar-refractivity contribution in [1.29, 1.82) is 0 Å². The fourth-order valence-corrected chi connectivity index (χ4v) is 3.90. The van der Waals surface area contributed by atoms with Crippen LogP contribution in [0.5, 0.6) is 0 Å². The molecule has 0 aliphatic rings. The molecule has 0 aliphatic carbocycles. The van der Waals surface area contributed by atoms with Gasteiger partial charge in [-0.3, -0.25) is 10.1 Å². The van der Waals surface area contributed by atoms with Gasteiger partial charge in [0.15, 0.2) is 0 Å². The quantitative estimate of drug-likeness (QED) is 0.174. The number of ether oxygens (including phenoxy) is 2. The molecule has 3 aromatic rings. The minimum atomic E-state index is -0.443. The highest BCUT2D eigenvalue weighted by Crippen LogP contribution is 2.41. The normalized spacial score (nSPS) is 10.8. The van der Waals surface area contributed by atoms with Crippen LogP contribution in [0, 0.1) is 10.1 Å². The lowest BCUT2D eigenvalue weighted by atomic mass is 9.99. The van der Waals surface area contributed by atoms with E-state index in [2.05, 4.69) is 9.97 Å². The molecule has 0 aliphatic heterocycles. The molecule has 4 N–H and O–H groups in total. The first-order chi connectivity index (χ1) is 17.3. The van der Waals surface area contributed by atoms with Crippen LogP contribution in [0.3, 0.4) is 0 Å². The van der Waals surface area contributed by atoms with Gasteiger partial charge in [0, 0.05) is 37.4 Å². The van der Waals surface area contributed by atoms with E-state index in [4.69, 9.17) is 20.9 Å². The van der Waals surface area contributed by atoms with Gasteiger partial charge in [-0.1, -0.05) is 31.2 Å². The average Bonchev–Trinajstić information content (AvgIpc) is 2.86. The van der Waals surface area contributed by atoms with Gasteiger partial charge >= 0.3 is 5.97 Å². The van der Waals surface area contributed by atoms with E-state index in [1.54, 1.807) is 48.3 Å². The molecule has 1 heterocycles. The molecule has 0 saturated heterocycles. The van der Waals surface area contributed by atoms with Gasteiger partial charge in [-0.05, 0) is 31.0 Å². The van der Waals surface area contributed by atoms with Crippen molar-refractivity contribution in [3.05, 3.63) is 69.4 Å². The highest BCUT2D eigenvalue weighted by Gasteiger charge is 2.25. The number of esters is 1. The van der Waals surface area contributed by atoms with Crippen LogP contribution in [0.1, 0.15) is 35.5 Å². The van der Waals surface area contributed by atoms with Gasteiger partial charge in [0.05, 0.1) is 22.8 Å². The maximum Gasteiger partial charge on any atom is 0.338 e. The van der Waals surface area contributed by atoms with Crippen molar-refractivity contribution < 1.29 is 19.2 Å². The number of aromatic nitrogens is 2. The van der Waals surface area contributed by atoms with Crippen molar-refractivity contribution in [2.24, 2.45) is 0 Å². The summed E-state index contributed by atoms with van der Waals surface area (Å²) >= 11 is 0. The fraction of sp³-hybridized carbons (Fsp3) is 0.320. The Bertz CT molecular complexity index is 1230. The van der Waals surface area contributed by atoms with E-state index in [0.29, 0.717) is 54.3 Å². The highest BCUT2D eigenvalue weighted by molar-refractivity contribution is 5.91. The number of nitrogens with two attached hydrogens (primary N) is 2. The number of nitrogens with zero attached hydrogens (tertiary/aromatic N) is 4. The zero-order valence-electron chi connectivity index (χ0n) is 20.6. The number of rotatable bonds is 11. The molecule has 0 saturated carbocycles. The van der Waals surface area contributed by atoms with Gasteiger partial charge in [0.2, 0.25) is 5.95 Å². The number of aryl methyl sites for hydroxylation is 1. The highest BCUT2D eigenvalue weighted by atomic mass is 16.6. The van der Waals surface area contributed by atoms with E-state index in [0.717, 1.165) is 5.56 Å². The summed E-state index contributed by atoms with van der Waals surface area (Å²) in [4.78, 5) is 33.8. The first kappa shape index (κ1) is 26.4. The molecule has 36 heavy (non-hydrogen) atoms. The van der Waals surface area contributed by atoms with Gasteiger partial charge < -0.3 is 25.8 Å². The van der Waals surface area contributed by atoms with E-state index >= 15 is 0 Å². The molecule has 0 unspecified atom stereocenters. The van der Waals surface area contributed by atoms with Crippen LogP contribution in [0.25, 0.3) is 11.1 Å². The van der Waals surface area contributed by atoms with Gasteiger partial charge in [0.25, 0.3) is 5.69 Å². The number of nitrogen functional groups attached to an aromatic ring is 2. The zero-order chi connectivity index (χ0) is 26.2. The third kappa shape index (κ3) is 6.05. The molecule has 0 fully saturated rings. The monoisotopic (exact) mass is 494 g/mol. The van der Waals surface area contributed by atoms with Crippen LogP contribution < -0.4 is 16.4 Å². The number of benzene rings is 2. The Hall–Kier alpha value is -4.25. The lowest BCUT2D eigenvalue weighted by Gasteiger charge is -2.24. The first-order valence-corrected chi connectivity index (χ1v) is 11.5. The number of nitro benzene ring substituents is 1. The van der Waals surface area contributed by atoms with Gasteiger partial charge in [0.1, 0.15) is 18.1 Å². The summed E-state index contributed by atoms with van der Waals surface area (Å²) < 4.78 is 10.4. The SMILES string of the molecule is CCOCCOC(=O)c1ccc(CN(C)c2c(-c3c(N)nc(N)nc3CC)cccc2[N+](=O)[O-])cc1. The number of para-hydroxylation sites is 1. The smallest absolute Gasteiger partial charge is 0.338 e. The van der Waals surface area contributed by atoms with E-state index < -0.39 is 10.9 Å². The largest absolute Gasteiger partial charge is 0.460 e. The Morgan fingerprint density at radius 2 is 1.81 bits per heavy atom. The molecule has 11 heteroatoms. The van der Waals surface area contributed by atoms with E-state index in [9.17, 15) is 14.9 Å². The Labute approximate surface area is 209 Å². The average molecular weight is 495 g/mol. The summed E-state index contributed by atoms with van der Waals surface area (Å²) in [6.07, 6.45) is 0.514. The second kappa shape index (κ2) is 11.9. The second-order valence-electron chi connectivity index (χ2n) is 7.96. The molecule has 0 radical (unpaired) electrons. The molecule has 1 aromatic heterocycles. The van der Waals surface area contributed by atoms with Crippen molar-refractivity contribution in [3.63, 3.8) is 0 Å². The molecule has 0 bridgehead atoms. The third-order valence-electron chi connectivity index (χ3n) is 5.50. The number of nitro groups is 1. The Kier molecular flexibility index (Phi) is 8.74. The Balaban J connectivity index is 1.92. The molecule has 2 aromatic carbocycles. The van der Waals surface area contributed by atoms with Crippen molar-refractivity contribution in [1.82, 2.24) is 9.97 Å². The van der Waals surface area contributed by atoms with E-state index in [1.165, 1.54) is 6.07 Å². The molecule has 0 atom stereocenters. The van der Waals surface area contributed by atoms with Gasteiger partial charge in [-0.2, -0.15) is 4.98 Å². The Morgan fingerprint density at radius 1 is 1.08 bits per heavy atom. The summed E-state index contributed by atoms with van der Waals surface area (Å²) in [5, 5.41) is 11.9. The number of anilines is 3. The standard InChI is InChI=1S/C25H30N6O5/c1-4-19-21(23(26)29-25(27)28-19)18-7-6-8-20(31(33)34)22(18)30(3)15-16-9-11-17(12-10-16)24(32)36-14-13-35-5-2/h6-12H,4-5,13-15H2,1-3H3,(H4,26,27,28,29). The summed E-state index contributed by atoms with van der Waals surface area (Å²) in [6, 6.07) is 11.7. The summed E-state index contributed by atoms with van der Waals surface area (Å²) in [7, 11) is 1.75. The Morgan fingerprint density at radius 3 is 2.44 bits per heavy atom. The van der Waals surface area contributed by atoms with Crippen LogP contribution in [-0.4, -0.2) is 47.7 Å². The lowest BCUT2D eigenvalue weighted by Crippen LogP contribution is -2.19. The predicted molar refractivity (Wildman–Crippen MR) is 138 cm³/mol. The van der Waals surface area contributed by atoms with Crippen LogP contribution in [0.15, 0.2) is 42.5 Å².